The SMILES string of the molecule is Clc1ncnc2c1ncn2-c1ccoc1. The topological polar surface area (TPSA) is 56.7 Å². The second-order valence-electron chi connectivity index (χ2n) is 2.93. The van der Waals surface area contributed by atoms with E-state index in [0.29, 0.717) is 16.3 Å². The molecule has 0 fully saturated rings. The van der Waals surface area contributed by atoms with Gasteiger partial charge in [0.25, 0.3) is 0 Å². The van der Waals surface area contributed by atoms with Gasteiger partial charge >= 0.3 is 0 Å². The van der Waals surface area contributed by atoms with Crippen LogP contribution in [0, 0.1) is 0 Å². The number of imidazole rings is 1. The Morgan fingerprint density at radius 3 is 3.00 bits per heavy atom. The molecule has 0 saturated heterocycles. The Kier molecular flexibility index (Phi) is 1.72. The van der Waals surface area contributed by atoms with Crippen LogP contribution in [0.3, 0.4) is 0 Å². The average Bonchev–Trinajstić information content (AvgIpc) is 2.85. The van der Waals surface area contributed by atoms with Crippen molar-refractivity contribution in [2.24, 2.45) is 0 Å². The molecule has 3 aromatic rings. The Hall–Kier alpha value is -1.88. The molecule has 0 spiro atoms. The molecule has 0 bridgehead atoms. The zero-order valence-corrected chi connectivity index (χ0v) is 8.22. The number of rotatable bonds is 1. The molecule has 0 aromatic carbocycles. The number of aromatic nitrogens is 4. The summed E-state index contributed by atoms with van der Waals surface area (Å²) in [6.07, 6.45) is 6.24. The smallest absolute Gasteiger partial charge is 0.169 e. The molecule has 0 aliphatic carbocycles. The van der Waals surface area contributed by atoms with Crippen molar-refractivity contribution >= 4 is 22.8 Å². The third-order valence-corrected chi connectivity index (χ3v) is 2.35. The van der Waals surface area contributed by atoms with Crippen molar-refractivity contribution in [3.05, 3.63) is 36.4 Å². The third kappa shape index (κ3) is 1.20. The van der Waals surface area contributed by atoms with Crippen LogP contribution in [0.1, 0.15) is 0 Å². The summed E-state index contributed by atoms with van der Waals surface area (Å²) < 4.78 is 6.78. The molecule has 0 unspecified atom stereocenters. The lowest BCUT2D eigenvalue weighted by molar-refractivity contribution is 0.566. The Labute approximate surface area is 89.3 Å². The van der Waals surface area contributed by atoms with Gasteiger partial charge in [-0.2, -0.15) is 0 Å². The first kappa shape index (κ1) is 8.43. The van der Waals surface area contributed by atoms with Gasteiger partial charge in [-0.25, -0.2) is 15.0 Å². The summed E-state index contributed by atoms with van der Waals surface area (Å²) >= 11 is 5.88. The molecule has 6 heteroatoms. The van der Waals surface area contributed by atoms with Crippen LogP contribution in [0.2, 0.25) is 5.15 Å². The quantitative estimate of drug-likeness (QED) is 0.589. The van der Waals surface area contributed by atoms with E-state index in [2.05, 4.69) is 15.0 Å². The van der Waals surface area contributed by atoms with Crippen LogP contribution in [-0.2, 0) is 0 Å². The van der Waals surface area contributed by atoms with Crippen molar-refractivity contribution < 1.29 is 4.42 Å². The highest BCUT2D eigenvalue weighted by molar-refractivity contribution is 6.33. The molecular formula is C9H5ClN4O. The molecule has 0 radical (unpaired) electrons. The molecule has 0 N–H and O–H groups in total. The summed E-state index contributed by atoms with van der Waals surface area (Å²) in [7, 11) is 0. The van der Waals surface area contributed by atoms with Crippen molar-refractivity contribution in [1.29, 1.82) is 0 Å². The van der Waals surface area contributed by atoms with E-state index in [1.54, 1.807) is 23.4 Å². The van der Waals surface area contributed by atoms with E-state index in [1.807, 2.05) is 6.07 Å². The Morgan fingerprint density at radius 2 is 2.20 bits per heavy atom. The lowest BCUT2D eigenvalue weighted by atomic mass is 10.5. The van der Waals surface area contributed by atoms with E-state index in [9.17, 15) is 0 Å². The highest BCUT2D eigenvalue weighted by atomic mass is 35.5. The minimum Gasteiger partial charge on any atom is -0.470 e. The Bertz CT molecular complexity index is 602. The van der Waals surface area contributed by atoms with Gasteiger partial charge in [0.05, 0.1) is 12.0 Å². The molecule has 3 rings (SSSR count). The number of fused-ring (bicyclic) bond motifs is 1. The van der Waals surface area contributed by atoms with Crippen LogP contribution in [-0.4, -0.2) is 19.5 Å². The van der Waals surface area contributed by atoms with Crippen molar-refractivity contribution in [3.8, 4) is 5.69 Å². The summed E-state index contributed by atoms with van der Waals surface area (Å²) in [6, 6.07) is 1.82. The highest BCUT2D eigenvalue weighted by Gasteiger charge is 2.09. The van der Waals surface area contributed by atoms with Gasteiger partial charge in [0, 0.05) is 6.07 Å². The van der Waals surface area contributed by atoms with Gasteiger partial charge in [-0.3, -0.25) is 4.57 Å². The van der Waals surface area contributed by atoms with Crippen molar-refractivity contribution in [2.45, 2.75) is 0 Å². The molecule has 0 aliphatic heterocycles. The van der Waals surface area contributed by atoms with Crippen LogP contribution >= 0.6 is 11.6 Å². The fourth-order valence-corrected chi connectivity index (χ4v) is 1.57. The number of hydrogen-bond acceptors (Lipinski definition) is 4. The van der Waals surface area contributed by atoms with Gasteiger partial charge in [-0.05, 0) is 0 Å². The molecular weight excluding hydrogens is 216 g/mol. The molecule has 0 atom stereocenters. The van der Waals surface area contributed by atoms with Crippen molar-refractivity contribution in [2.75, 3.05) is 0 Å². The maximum Gasteiger partial charge on any atom is 0.169 e. The monoisotopic (exact) mass is 220 g/mol. The minimum atomic E-state index is 0.349. The first-order valence-corrected chi connectivity index (χ1v) is 4.60. The fourth-order valence-electron chi connectivity index (χ4n) is 1.39. The molecule has 0 amide bonds. The van der Waals surface area contributed by atoms with E-state index in [4.69, 9.17) is 16.0 Å². The van der Waals surface area contributed by atoms with Crippen molar-refractivity contribution in [3.63, 3.8) is 0 Å². The minimum absolute atomic E-state index is 0.349. The largest absolute Gasteiger partial charge is 0.470 e. The van der Waals surface area contributed by atoms with Gasteiger partial charge in [-0.1, -0.05) is 11.6 Å². The third-order valence-electron chi connectivity index (χ3n) is 2.07. The van der Waals surface area contributed by atoms with Gasteiger partial charge in [0.15, 0.2) is 10.8 Å². The Balaban J connectivity index is 2.34. The highest BCUT2D eigenvalue weighted by Crippen LogP contribution is 2.20. The molecule has 74 valence electrons. The summed E-state index contributed by atoms with van der Waals surface area (Å²) in [4.78, 5) is 12.1. The lowest BCUT2D eigenvalue weighted by Crippen LogP contribution is -1.91. The molecule has 0 saturated carbocycles. The number of hydrogen-bond donors (Lipinski definition) is 0. The number of halogens is 1. The van der Waals surface area contributed by atoms with Gasteiger partial charge in [0.2, 0.25) is 0 Å². The fraction of sp³-hybridized carbons (Fsp3) is 0. The van der Waals surface area contributed by atoms with Crippen LogP contribution in [0.4, 0.5) is 0 Å². The standard InChI is InChI=1S/C9H5ClN4O/c10-8-7-9(12-4-11-8)14(5-13-7)6-1-2-15-3-6/h1-5H. The van der Waals surface area contributed by atoms with E-state index in [1.165, 1.54) is 6.33 Å². The second-order valence-corrected chi connectivity index (χ2v) is 3.29. The zero-order chi connectivity index (χ0) is 10.3. The molecule has 3 aromatic heterocycles. The summed E-state index contributed by atoms with van der Waals surface area (Å²) in [5.74, 6) is 0. The number of nitrogens with zero attached hydrogens (tertiary/aromatic N) is 4. The number of furan rings is 1. The normalized spacial score (nSPS) is 11.0. The van der Waals surface area contributed by atoms with Crippen molar-refractivity contribution in [1.82, 2.24) is 19.5 Å². The van der Waals surface area contributed by atoms with Crippen LogP contribution in [0.5, 0.6) is 0 Å². The predicted octanol–water partition coefficient (Wildman–Crippen LogP) is 2.06. The average molecular weight is 221 g/mol. The van der Waals surface area contributed by atoms with E-state index in [-0.39, 0.29) is 0 Å². The van der Waals surface area contributed by atoms with Crippen LogP contribution in [0.15, 0.2) is 35.7 Å². The summed E-state index contributed by atoms with van der Waals surface area (Å²) in [5.41, 5.74) is 2.10. The lowest BCUT2D eigenvalue weighted by Gasteiger charge is -1.97. The van der Waals surface area contributed by atoms with Crippen LogP contribution < -0.4 is 0 Å². The molecule has 3 heterocycles. The van der Waals surface area contributed by atoms with Gasteiger partial charge in [-0.15, -0.1) is 0 Å². The van der Waals surface area contributed by atoms with Gasteiger partial charge in [0.1, 0.15) is 24.4 Å². The van der Waals surface area contributed by atoms with E-state index < -0.39 is 0 Å². The maximum absolute atomic E-state index is 5.88. The molecule has 15 heavy (non-hydrogen) atoms. The van der Waals surface area contributed by atoms with Crippen LogP contribution in [0.25, 0.3) is 16.9 Å². The Morgan fingerprint density at radius 1 is 1.27 bits per heavy atom. The maximum atomic E-state index is 5.88. The summed E-state index contributed by atoms with van der Waals surface area (Å²) in [6.45, 7) is 0. The predicted molar refractivity (Wildman–Crippen MR) is 53.9 cm³/mol. The molecule has 0 aliphatic rings. The van der Waals surface area contributed by atoms with E-state index in [0.717, 1.165) is 5.69 Å². The van der Waals surface area contributed by atoms with E-state index >= 15 is 0 Å². The first-order chi connectivity index (χ1) is 7.36. The first-order valence-electron chi connectivity index (χ1n) is 4.22. The second kappa shape index (κ2) is 3.06. The molecule has 5 nitrogen and oxygen atoms in total. The zero-order valence-electron chi connectivity index (χ0n) is 7.46. The van der Waals surface area contributed by atoms with Gasteiger partial charge < -0.3 is 4.42 Å². The summed E-state index contributed by atoms with van der Waals surface area (Å²) in [5, 5.41) is 0.349.